The van der Waals surface area contributed by atoms with E-state index in [9.17, 15) is 18.0 Å². The van der Waals surface area contributed by atoms with Crippen molar-refractivity contribution in [3.8, 4) is 0 Å². The minimum Gasteiger partial charge on any atom is -0.444 e. The minimum atomic E-state index is -4.55. The highest BCUT2D eigenvalue weighted by molar-refractivity contribution is 5.68. The van der Waals surface area contributed by atoms with E-state index in [-0.39, 0.29) is 5.56 Å². The molecule has 126 valence electrons. The zero-order valence-electron chi connectivity index (χ0n) is 13.2. The molecule has 1 atom stereocenters. The van der Waals surface area contributed by atoms with Crippen molar-refractivity contribution in [2.45, 2.75) is 51.2 Å². The molecule has 0 saturated carbocycles. The first-order valence-electron chi connectivity index (χ1n) is 7.05. The van der Waals surface area contributed by atoms with Crippen molar-refractivity contribution in [1.82, 2.24) is 5.32 Å². The maximum atomic E-state index is 12.9. The summed E-state index contributed by atoms with van der Waals surface area (Å²) < 4.78 is 43.9. The van der Waals surface area contributed by atoms with Crippen molar-refractivity contribution in [2.75, 3.05) is 0 Å². The number of carbonyl (C=O) groups excluding carboxylic acids is 1. The molecule has 1 heterocycles. The molecule has 0 radical (unpaired) electrons. The fraction of sp³-hybridized carbons (Fsp3) is 0.533. The molecule has 0 spiro atoms. The molecule has 0 saturated heterocycles. The van der Waals surface area contributed by atoms with E-state index in [1.54, 1.807) is 27.7 Å². The second-order valence-corrected chi connectivity index (χ2v) is 6.36. The van der Waals surface area contributed by atoms with Crippen LogP contribution in [0, 0.1) is 0 Å². The van der Waals surface area contributed by atoms with Gasteiger partial charge in [-0.05, 0) is 33.3 Å². The third-order valence-electron chi connectivity index (χ3n) is 3.24. The van der Waals surface area contributed by atoms with Crippen LogP contribution < -0.4 is 5.32 Å². The van der Waals surface area contributed by atoms with Gasteiger partial charge in [-0.1, -0.05) is 24.3 Å². The molecular weight excluding hydrogens is 311 g/mol. The van der Waals surface area contributed by atoms with Crippen molar-refractivity contribution in [3.63, 3.8) is 0 Å². The Labute approximate surface area is 131 Å². The van der Waals surface area contributed by atoms with E-state index in [0.717, 1.165) is 0 Å². The molecule has 5 nitrogen and oxygen atoms in total. The topological polar surface area (TPSA) is 63.0 Å². The van der Waals surface area contributed by atoms with E-state index in [2.05, 4.69) is 15.5 Å². The minimum absolute atomic E-state index is 0.0433. The van der Waals surface area contributed by atoms with Crippen LogP contribution in [0.3, 0.4) is 0 Å². The third-order valence-corrected chi connectivity index (χ3v) is 3.24. The average Bonchev–Trinajstić information content (AvgIpc) is 3.17. The van der Waals surface area contributed by atoms with Crippen molar-refractivity contribution in [3.05, 3.63) is 35.4 Å². The lowest BCUT2D eigenvalue weighted by atomic mass is 9.99. The normalized spacial score (nSPS) is 17.5. The Morgan fingerprint density at radius 1 is 1.17 bits per heavy atom. The fourth-order valence-corrected chi connectivity index (χ4v) is 2.01. The summed E-state index contributed by atoms with van der Waals surface area (Å²) in [4.78, 5) is 11.7. The number of nitrogens with one attached hydrogen (secondary N) is 1. The van der Waals surface area contributed by atoms with Crippen LogP contribution in [-0.2, 0) is 10.4 Å². The van der Waals surface area contributed by atoms with E-state index in [1.165, 1.54) is 24.3 Å². The number of ether oxygens (including phenoxy) is 1. The molecule has 1 amide bonds. The van der Waals surface area contributed by atoms with Crippen LogP contribution in [0.4, 0.5) is 18.0 Å². The molecule has 0 aliphatic carbocycles. The van der Waals surface area contributed by atoms with Gasteiger partial charge in [0.1, 0.15) is 5.60 Å². The zero-order chi connectivity index (χ0) is 17.5. The second-order valence-electron chi connectivity index (χ2n) is 6.36. The lowest BCUT2D eigenvalue weighted by Crippen LogP contribution is -2.34. The molecule has 1 aliphatic rings. The lowest BCUT2D eigenvalue weighted by Gasteiger charge is -2.22. The fourth-order valence-electron chi connectivity index (χ4n) is 2.01. The Morgan fingerprint density at radius 3 is 2.09 bits per heavy atom. The molecule has 1 aromatic carbocycles. The molecule has 1 N–H and O–H groups in total. The maximum absolute atomic E-state index is 12.9. The van der Waals surface area contributed by atoms with Crippen molar-refractivity contribution >= 4 is 6.09 Å². The maximum Gasteiger partial charge on any atom is 0.442 e. The number of rotatable bonds is 3. The van der Waals surface area contributed by atoms with Crippen molar-refractivity contribution in [2.24, 2.45) is 10.2 Å². The van der Waals surface area contributed by atoms with E-state index < -0.39 is 29.6 Å². The Balaban J connectivity index is 2.04. The molecule has 1 unspecified atom stereocenters. The van der Waals surface area contributed by atoms with E-state index in [4.69, 9.17) is 4.74 Å². The molecule has 8 heteroatoms. The zero-order valence-corrected chi connectivity index (χ0v) is 13.2. The van der Waals surface area contributed by atoms with Gasteiger partial charge in [0.2, 0.25) is 0 Å². The number of alkyl halides is 3. The summed E-state index contributed by atoms with van der Waals surface area (Å²) in [6.45, 7) is 6.94. The first kappa shape index (κ1) is 17.2. The van der Waals surface area contributed by atoms with Gasteiger partial charge in [-0.25, -0.2) is 4.79 Å². The SMILES string of the molecule is CC(NC(=O)OC(C)(C)C)c1ccc(C2(C(F)(F)F)N=N2)cc1. The number of halogens is 3. The molecule has 2 rings (SSSR count). The summed E-state index contributed by atoms with van der Waals surface area (Å²) in [7, 11) is 0. The van der Waals surface area contributed by atoms with Crippen LogP contribution in [0.25, 0.3) is 0 Å². The van der Waals surface area contributed by atoms with E-state index in [1.807, 2.05) is 0 Å². The Kier molecular flexibility index (Phi) is 4.13. The highest BCUT2D eigenvalue weighted by Crippen LogP contribution is 2.52. The van der Waals surface area contributed by atoms with Gasteiger partial charge in [0, 0.05) is 5.56 Å². The Hall–Kier alpha value is -2.12. The van der Waals surface area contributed by atoms with Gasteiger partial charge in [-0.3, -0.25) is 0 Å². The number of hydrogen-bond donors (Lipinski definition) is 1. The summed E-state index contributed by atoms with van der Waals surface area (Å²) in [5, 5.41) is 8.92. The van der Waals surface area contributed by atoms with E-state index >= 15 is 0 Å². The number of benzene rings is 1. The molecule has 0 fully saturated rings. The largest absolute Gasteiger partial charge is 0.444 e. The van der Waals surface area contributed by atoms with Crippen molar-refractivity contribution < 1.29 is 22.7 Å². The van der Waals surface area contributed by atoms with Crippen LogP contribution in [0.15, 0.2) is 34.5 Å². The highest BCUT2D eigenvalue weighted by Gasteiger charge is 2.65. The molecule has 23 heavy (non-hydrogen) atoms. The molecule has 1 aromatic rings. The number of carbonyl (C=O) groups is 1. The first-order valence-corrected chi connectivity index (χ1v) is 7.05. The summed E-state index contributed by atoms with van der Waals surface area (Å²) >= 11 is 0. The average molecular weight is 329 g/mol. The highest BCUT2D eigenvalue weighted by atomic mass is 19.4. The van der Waals surface area contributed by atoms with Gasteiger partial charge in [-0.2, -0.15) is 13.2 Å². The number of alkyl carbamates (subject to hydrolysis) is 1. The van der Waals surface area contributed by atoms with Gasteiger partial charge in [0.15, 0.2) is 0 Å². The summed E-state index contributed by atoms with van der Waals surface area (Å²) in [6, 6.07) is 5.24. The summed E-state index contributed by atoms with van der Waals surface area (Å²) in [6.07, 6.45) is -5.14. The van der Waals surface area contributed by atoms with Crippen LogP contribution in [0.1, 0.15) is 44.9 Å². The first-order chi connectivity index (χ1) is 10.4. The van der Waals surface area contributed by atoms with Crippen LogP contribution in [0.5, 0.6) is 0 Å². The van der Waals surface area contributed by atoms with Gasteiger partial charge in [0.05, 0.1) is 6.04 Å². The van der Waals surface area contributed by atoms with E-state index in [0.29, 0.717) is 5.56 Å². The number of hydrogen-bond acceptors (Lipinski definition) is 4. The molecule has 0 bridgehead atoms. The molecule has 0 aromatic heterocycles. The Morgan fingerprint density at radius 2 is 1.70 bits per heavy atom. The second kappa shape index (κ2) is 5.50. The van der Waals surface area contributed by atoms with Crippen LogP contribution in [-0.4, -0.2) is 17.9 Å². The quantitative estimate of drug-likeness (QED) is 0.890. The Bertz CT molecular complexity index is 612. The van der Waals surface area contributed by atoms with Gasteiger partial charge < -0.3 is 10.1 Å². The summed E-state index contributed by atoms with van der Waals surface area (Å²) in [5.41, 5.74) is -2.44. The third kappa shape index (κ3) is 3.80. The van der Waals surface area contributed by atoms with Gasteiger partial charge in [-0.15, -0.1) is 10.2 Å². The molecular formula is C15H18F3N3O2. The monoisotopic (exact) mass is 329 g/mol. The smallest absolute Gasteiger partial charge is 0.442 e. The predicted octanol–water partition coefficient (Wildman–Crippen LogP) is 4.45. The van der Waals surface area contributed by atoms with Crippen LogP contribution >= 0.6 is 0 Å². The standard InChI is InChI=1S/C15H18F3N3O2/c1-9(19-12(22)23-13(2,3)4)10-5-7-11(8-6-10)14(20-21-14)15(16,17)18/h5-9H,1-4H3,(H,19,22). The lowest BCUT2D eigenvalue weighted by molar-refractivity contribution is -0.166. The van der Waals surface area contributed by atoms with Crippen LogP contribution in [0.2, 0.25) is 0 Å². The van der Waals surface area contributed by atoms with Gasteiger partial charge >= 0.3 is 17.9 Å². The summed E-state index contributed by atoms with van der Waals surface area (Å²) in [5.74, 6) is 0. The number of nitrogens with zero attached hydrogens (tertiary/aromatic N) is 2. The molecule has 1 aliphatic heterocycles. The predicted molar refractivity (Wildman–Crippen MR) is 76.8 cm³/mol. The number of amides is 1. The van der Waals surface area contributed by atoms with Gasteiger partial charge in [0.25, 0.3) is 0 Å². The van der Waals surface area contributed by atoms with Crippen molar-refractivity contribution in [1.29, 1.82) is 0 Å².